The lowest BCUT2D eigenvalue weighted by molar-refractivity contribution is 0.101. The molecule has 4 rings (SSSR count). The SMILES string of the molecule is COc1ccc(N=Nc2c(N)nn3c(-c4ccccc4)c(C(C)=O)c(=O)[nH]c23)cc1. The minimum Gasteiger partial charge on any atom is -0.497 e. The van der Waals surface area contributed by atoms with Crippen molar-refractivity contribution in [2.24, 2.45) is 10.2 Å². The van der Waals surface area contributed by atoms with Crippen LogP contribution in [0.15, 0.2) is 69.6 Å². The van der Waals surface area contributed by atoms with E-state index in [-0.39, 0.29) is 28.5 Å². The molecule has 4 aromatic rings. The number of methoxy groups -OCH3 is 1. The van der Waals surface area contributed by atoms with Crippen molar-refractivity contribution in [2.75, 3.05) is 12.8 Å². The Kier molecular flexibility index (Phi) is 4.85. The Bertz CT molecular complexity index is 1320. The first-order valence-corrected chi connectivity index (χ1v) is 9.06. The molecule has 0 saturated heterocycles. The van der Waals surface area contributed by atoms with E-state index in [9.17, 15) is 9.59 Å². The zero-order valence-corrected chi connectivity index (χ0v) is 16.3. The molecule has 0 amide bonds. The molecule has 30 heavy (non-hydrogen) atoms. The second-order valence-corrected chi connectivity index (χ2v) is 6.49. The number of fused-ring (bicyclic) bond motifs is 1. The Balaban J connectivity index is 1.92. The van der Waals surface area contributed by atoms with Crippen LogP contribution in [0.1, 0.15) is 17.3 Å². The van der Waals surface area contributed by atoms with Gasteiger partial charge in [0, 0.05) is 5.56 Å². The minimum atomic E-state index is -0.547. The number of hydrogen-bond acceptors (Lipinski definition) is 7. The van der Waals surface area contributed by atoms with Gasteiger partial charge in [-0.1, -0.05) is 30.3 Å². The molecule has 9 heteroatoms. The zero-order chi connectivity index (χ0) is 21.3. The van der Waals surface area contributed by atoms with E-state index < -0.39 is 5.56 Å². The van der Waals surface area contributed by atoms with E-state index in [2.05, 4.69) is 20.3 Å². The fourth-order valence-corrected chi connectivity index (χ4v) is 3.13. The third-order valence-corrected chi connectivity index (χ3v) is 4.53. The first-order chi connectivity index (χ1) is 14.5. The number of nitrogen functional groups attached to an aromatic ring is 1. The van der Waals surface area contributed by atoms with Gasteiger partial charge in [-0.15, -0.1) is 10.2 Å². The lowest BCUT2D eigenvalue weighted by atomic mass is 10.0. The van der Waals surface area contributed by atoms with Crippen LogP contribution in [0.2, 0.25) is 0 Å². The maximum absolute atomic E-state index is 12.7. The second-order valence-electron chi connectivity index (χ2n) is 6.49. The lowest BCUT2D eigenvalue weighted by Gasteiger charge is -2.09. The highest BCUT2D eigenvalue weighted by atomic mass is 16.5. The molecule has 0 aliphatic heterocycles. The molecule has 0 bridgehead atoms. The molecule has 0 aliphatic carbocycles. The monoisotopic (exact) mass is 402 g/mol. The summed E-state index contributed by atoms with van der Waals surface area (Å²) < 4.78 is 6.54. The van der Waals surface area contributed by atoms with Crippen LogP contribution in [0, 0.1) is 0 Å². The number of anilines is 1. The topological polar surface area (TPSA) is 127 Å². The third kappa shape index (κ3) is 3.32. The number of benzene rings is 2. The number of nitrogens with zero attached hydrogens (tertiary/aromatic N) is 4. The summed E-state index contributed by atoms with van der Waals surface area (Å²) in [5, 5.41) is 12.7. The van der Waals surface area contributed by atoms with Crippen molar-refractivity contribution in [2.45, 2.75) is 6.92 Å². The average molecular weight is 402 g/mol. The summed E-state index contributed by atoms with van der Waals surface area (Å²) in [4.78, 5) is 27.6. The molecular weight excluding hydrogens is 384 g/mol. The van der Waals surface area contributed by atoms with Crippen LogP contribution in [-0.2, 0) is 0 Å². The van der Waals surface area contributed by atoms with Gasteiger partial charge in [-0.25, -0.2) is 4.52 Å². The van der Waals surface area contributed by atoms with E-state index in [0.717, 1.165) is 0 Å². The summed E-state index contributed by atoms with van der Waals surface area (Å²) in [5.41, 5.74) is 7.54. The van der Waals surface area contributed by atoms with Crippen LogP contribution >= 0.6 is 0 Å². The van der Waals surface area contributed by atoms with E-state index in [1.165, 1.54) is 11.4 Å². The summed E-state index contributed by atoms with van der Waals surface area (Å²) in [6.45, 7) is 1.33. The van der Waals surface area contributed by atoms with Gasteiger partial charge in [0.15, 0.2) is 22.9 Å². The van der Waals surface area contributed by atoms with Gasteiger partial charge in [0.25, 0.3) is 5.56 Å². The van der Waals surface area contributed by atoms with Crippen LogP contribution in [0.25, 0.3) is 16.9 Å². The van der Waals surface area contributed by atoms with E-state index in [1.54, 1.807) is 43.5 Å². The molecule has 2 aromatic carbocycles. The number of carbonyl (C=O) groups is 1. The number of H-pyrrole nitrogens is 1. The van der Waals surface area contributed by atoms with Gasteiger partial charge in [-0.05, 0) is 31.2 Å². The molecular formula is C21H18N6O3. The van der Waals surface area contributed by atoms with Gasteiger partial charge in [-0.3, -0.25) is 9.59 Å². The second kappa shape index (κ2) is 7.63. The predicted octanol–water partition coefficient (Wildman–Crippen LogP) is 3.90. The Morgan fingerprint density at radius 2 is 1.80 bits per heavy atom. The van der Waals surface area contributed by atoms with Gasteiger partial charge in [0.1, 0.15) is 11.3 Å². The summed E-state index contributed by atoms with van der Waals surface area (Å²) in [7, 11) is 1.58. The summed E-state index contributed by atoms with van der Waals surface area (Å²) >= 11 is 0. The van der Waals surface area contributed by atoms with Crippen molar-refractivity contribution in [1.82, 2.24) is 14.6 Å². The molecule has 0 saturated carbocycles. The highest BCUT2D eigenvalue weighted by Crippen LogP contribution is 2.32. The molecule has 0 atom stereocenters. The predicted molar refractivity (Wildman–Crippen MR) is 113 cm³/mol. The molecule has 3 N–H and O–H groups in total. The quantitative estimate of drug-likeness (QED) is 0.387. The molecule has 9 nitrogen and oxygen atoms in total. The molecule has 2 heterocycles. The number of hydrogen-bond donors (Lipinski definition) is 2. The highest BCUT2D eigenvalue weighted by Gasteiger charge is 2.22. The fourth-order valence-electron chi connectivity index (χ4n) is 3.13. The van der Waals surface area contributed by atoms with E-state index in [1.807, 2.05) is 18.2 Å². The number of aromatic amines is 1. The van der Waals surface area contributed by atoms with Crippen molar-refractivity contribution >= 4 is 28.6 Å². The normalized spacial score (nSPS) is 11.3. The standard InChI is InChI=1S/C21H18N6O3/c1-12(28)16-18(13-6-4-3-5-7-13)27-20(23-21(16)29)17(19(22)26-27)25-24-14-8-10-15(30-2)11-9-14/h3-11H,1-2H3,(H2,22,26)(H,23,29). The van der Waals surface area contributed by atoms with Gasteiger partial charge in [0.05, 0.1) is 18.5 Å². The number of Topliss-reactive ketones (excluding diaryl/α,β-unsaturated/α-hetero) is 1. The minimum absolute atomic E-state index is 0.00477. The van der Waals surface area contributed by atoms with E-state index >= 15 is 0 Å². The molecule has 0 radical (unpaired) electrons. The Hall–Kier alpha value is -4.27. The Labute approximate surface area is 170 Å². The maximum atomic E-state index is 12.7. The van der Waals surface area contributed by atoms with Crippen LogP contribution in [0.4, 0.5) is 17.2 Å². The molecule has 0 unspecified atom stereocenters. The first-order valence-electron chi connectivity index (χ1n) is 9.06. The zero-order valence-electron chi connectivity index (χ0n) is 16.3. The number of nitrogens with one attached hydrogen (secondary N) is 1. The molecule has 0 spiro atoms. The van der Waals surface area contributed by atoms with Crippen molar-refractivity contribution in [3.05, 3.63) is 70.5 Å². The number of carbonyl (C=O) groups excluding carboxylic acids is 1. The highest BCUT2D eigenvalue weighted by molar-refractivity contribution is 6.00. The summed E-state index contributed by atoms with van der Waals surface area (Å²) in [6, 6.07) is 16.0. The Morgan fingerprint density at radius 1 is 1.10 bits per heavy atom. The van der Waals surface area contributed by atoms with Gasteiger partial charge < -0.3 is 15.5 Å². The van der Waals surface area contributed by atoms with Crippen LogP contribution in [0.5, 0.6) is 5.75 Å². The number of ketones is 1. The Morgan fingerprint density at radius 3 is 2.43 bits per heavy atom. The molecule has 150 valence electrons. The van der Waals surface area contributed by atoms with Crippen molar-refractivity contribution < 1.29 is 9.53 Å². The average Bonchev–Trinajstić information content (AvgIpc) is 3.06. The van der Waals surface area contributed by atoms with Crippen molar-refractivity contribution in [1.29, 1.82) is 0 Å². The molecule has 0 aliphatic rings. The number of aromatic nitrogens is 3. The third-order valence-electron chi connectivity index (χ3n) is 4.53. The lowest BCUT2D eigenvalue weighted by Crippen LogP contribution is -2.21. The van der Waals surface area contributed by atoms with Crippen LogP contribution < -0.4 is 16.0 Å². The fraction of sp³-hybridized carbons (Fsp3) is 0.0952. The smallest absolute Gasteiger partial charge is 0.262 e. The van der Waals surface area contributed by atoms with Crippen LogP contribution in [-0.4, -0.2) is 27.5 Å². The first kappa shape index (κ1) is 19.1. The van der Waals surface area contributed by atoms with E-state index in [4.69, 9.17) is 10.5 Å². The number of rotatable bonds is 5. The number of ether oxygens (including phenoxy) is 1. The molecule has 0 fully saturated rings. The van der Waals surface area contributed by atoms with Crippen molar-refractivity contribution in [3.8, 4) is 17.0 Å². The largest absolute Gasteiger partial charge is 0.497 e. The number of nitrogens with two attached hydrogens (primary N) is 1. The summed E-state index contributed by atoms with van der Waals surface area (Å²) in [5.74, 6) is 0.381. The van der Waals surface area contributed by atoms with Gasteiger partial charge in [-0.2, -0.15) is 5.11 Å². The van der Waals surface area contributed by atoms with E-state index in [0.29, 0.717) is 22.7 Å². The van der Waals surface area contributed by atoms with Crippen LogP contribution in [0.3, 0.4) is 0 Å². The van der Waals surface area contributed by atoms with Gasteiger partial charge in [0.2, 0.25) is 0 Å². The van der Waals surface area contributed by atoms with Crippen molar-refractivity contribution in [3.63, 3.8) is 0 Å². The number of azo groups is 1. The maximum Gasteiger partial charge on any atom is 0.262 e. The summed E-state index contributed by atoms with van der Waals surface area (Å²) in [6.07, 6.45) is 0. The molecule has 2 aromatic heterocycles. The van der Waals surface area contributed by atoms with Gasteiger partial charge >= 0.3 is 0 Å².